The van der Waals surface area contributed by atoms with Gasteiger partial charge in [0.2, 0.25) is 0 Å². The van der Waals surface area contributed by atoms with Crippen LogP contribution in [0, 0.1) is 6.92 Å². The Balaban J connectivity index is 1.69. The molecule has 0 spiro atoms. The molecular weight excluding hydrogens is 276 g/mol. The summed E-state index contributed by atoms with van der Waals surface area (Å²) in [5, 5.41) is 12.2. The van der Waals surface area contributed by atoms with E-state index in [1.807, 2.05) is 6.07 Å². The zero-order valence-corrected chi connectivity index (χ0v) is 13.8. The standard InChI is InChI=1S/C17H24N4O/c1-11-5-8-15(22-4)14(9-11)12(2)18-10-16-19-20-17(21(16)3)13-6-7-13/h5,8-9,12-13,18H,6-7,10H2,1-4H3/t12-/m0/s1. The van der Waals surface area contributed by atoms with Crippen molar-refractivity contribution in [2.75, 3.05) is 7.11 Å². The number of methoxy groups -OCH3 is 1. The van der Waals surface area contributed by atoms with Crippen LogP contribution in [-0.2, 0) is 13.6 Å². The molecule has 1 fully saturated rings. The molecule has 1 aliphatic rings. The summed E-state index contributed by atoms with van der Waals surface area (Å²) >= 11 is 0. The Bertz CT molecular complexity index is 661. The maximum absolute atomic E-state index is 5.47. The number of hydrogen-bond acceptors (Lipinski definition) is 4. The van der Waals surface area contributed by atoms with Crippen LogP contribution in [0.3, 0.4) is 0 Å². The smallest absolute Gasteiger partial charge is 0.146 e. The van der Waals surface area contributed by atoms with Crippen molar-refractivity contribution in [3.8, 4) is 5.75 Å². The molecule has 0 bridgehead atoms. The molecule has 1 atom stereocenters. The molecule has 1 aliphatic carbocycles. The van der Waals surface area contributed by atoms with E-state index in [1.165, 1.54) is 24.0 Å². The summed E-state index contributed by atoms with van der Waals surface area (Å²) in [6.45, 7) is 4.95. The first-order valence-corrected chi connectivity index (χ1v) is 7.86. The predicted molar refractivity (Wildman–Crippen MR) is 86.0 cm³/mol. The van der Waals surface area contributed by atoms with E-state index in [1.54, 1.807) is 7.11 Å². The summed E-state index contributed by atoms with van der Waals surface area (Å²) in [7, 11) is 3.77. The zero-order valence-electron chi connectivity index (χ0n) is 13.8. The molecule has 5 nitrogen and oxygen atoms in total. The summed E-state index contributed by atoms with van der Waals surface area (Å²) in [6, 6.07) is 6.45. The quantitative estimate of drug-likeness (QED) is 0.891. The fourth-order valence-corrected chi connectivity index (χ4v) is 2.77. The summed E-state index contributed by atoms with van der Waals surface area (Å²) < 4.78 is 7.60. The fourth-order valence-electron chi connectivity index (χ4n) is 2.77. The number of nitrogens with one attached hydrogen (secondary N) is 1. The highest BCUT2D eigenvalue weighted by Gasteiger charge is 2.29. The highest BCUT2D eigenvalue weighted by molar-refractivity contribution is 5.38. The van der Waals surface area contributed by atoms with Crippen molar-refractivity contribution >= 4 is 0 Å². The number of benzene rings is 1. The number of hydrogen-bond donors (Lipinski definition) is 1. The van der Waals surface area contributed by atoms with Gasteiger partial charge in [-0.15, -0.1) is 10.2 Å². The molecule has 22 heavy (non-hydrogen) atoms. The van der Waals surface area contributed by atoms with Gasteiger partial charge in [0.1, 0.15) is 17.4 Å². The molecule has 1 saturated carbocycles. The lowest BCUT2D eigenvalue weighted by atomic mass is 10.0. The van der Waals surface area contributed by atoms with Crippen LogP contribution in [0.2, 0.25) is 0 Å². The van der Waals surface area contributed by atoms with Crippen molar-refractivity contribution in [2.45, 2.75) is 45.2 Å². The van der Waals surface area contributed by atoms with Crippen LogP contribution in [0.1, 0.15) is 54.5 Å². The van der Waals surface area contributed by atoms with E-state index in [0.717, 1.165) is 17.4 Å². The second-order valence-corrected chi connectivity index (χ2v) is 6.16. The van der Waals surface area contributed by atoms with E-state index < -0.39 is 0 Å². The average Bonchev–Trinajstić information content (AvgIpc) is 3.29. The van der Waals surface area contributed by atoms with E-state index in [2.05, 4.69) is 53.1 Å². The Morgan fingerprint density at radius 2 is 2.14 bits per heavy atom. The zero-order chi connectivity index (χ0) is 15.7. The van der Waals surface area contributed by atoms with Gasteiger partial charge >= 0.3 is 0 Å². The van der Waals surface area contributed by atoms with E-state index >= 15 is 0 Å². The van der Waals surface area contributed by atoms with Crippen molar-refractivity contribution in [3.63, 3.8) is 0 Å². The molecule has 118 valence electrons. The molecule has 0 amide bonds. The molecule has 1 aromatic heterocycles. The first-order chi connectivity index (χ1) is 10.6. The molecule has 5 heteroatoms. The van der Waals surface area contributed by atoms with Gasteiger partial charge in [-0.05, 0) is 32.8 Å². The minimum Gasteiger partial charge on any atom is -0.496 e. The maximum Gasteiger partial charge on any atom is 0.146 e. The summed E-state index contributed by atoms with van der Waals surface area (Å²) in [5.41, 5.74) is 2.41. The third kappa shape index (κ3) is 2.99. The lowest BCUT2D eigenvalue weighted by Crippen LogP contribution is -2.21. The van der Waals surface area contributed by atoms with Gasteiger partial charge in [-0.2, -0.15) is 0 Å². The third-order valence-corrected chi connectivity index (χ3v) is 4.36. The van der Waals surface area contributed by atoms with Crippen LogP contribution < -0.4 is 10.1 Å². The minimum atomic E-state index is 0.191. The van der Waals surface area contributed by atoms with Crippen molar-refractivity contribution < 1.29 is 4.74 Å². The molecule has 0 saturated heterocycles. The van der Waals surface area contributed by atoms with Crippen LogP contribution in [0.15, 0.2) is 18.2 Å². The Hall–Kier alpha value is -1.88. The Kier molecular flexibility index (Phi) is 4.16. The number of nitrogens with zero attached hydrogens (tertiary/aromatic N) is 3. The lowest BCUT2D eigenvalue weighted by molar-refractivity contribution is 0.400. The second-order valence-electron chi connectivity index (χ2n) is 6.16. The molecule has 1 heterocycles. The van der Waals surface area contributed by atoms with Gasteiger partial charge in [-0.1, -0.05) is 17.7 Å². The van der Waals surface area contributed by atoms with Gasteiger partial charge < -0.3 is 14.6 Å². The average molecular weight is 300 g/mol. The molecule has 0 aliphatic heterocycles. The van der Waals surface area contributed by atoms with E-state index in [0.29, 0.717) is 12.5 Å². The lowest BCUT2D eigenvalue weighted by Gasteiger charge is -2.18. The minimum absolute atomic E-state index is 0.191. The van der Waals surface area contributed by atoms with Gasteiger partial charge in [-0.3, -0.25) is 0 Å². The highest BCUT2D eigenvalue weighted by atomic mass is 16.5. The number of aromatic nitrogens is 3. The van der Waals surface area contributed by atoms with Gasteiger partial charge in [-0.25, -0.2) is 0 Å². The Morgan fingerprint density at radius 1 is 1.36 bits per heavy atom. The van der Waals surface area contributed by atoms with Gasteiger partial charge in [0.25, 0.3) is 0 Å². The van der Waals surface area contributed by atoms with E-state index in [4.69, 9.17) is 4.74 Å². The molecule has 3 rings (SSSR count). The molecular formula is C17H24N4O. The number of ether oxygens (including phenoxy) is 1. The highest BCUT2D eigenvalue weighted by Crippen LogP contribution is 2.38. The normalized spacial score (nSPS) is 15.8. The SMILES string of the molecule is COc1ccc(C)cc1[C@H](C)NCc1nnc(C2CC2)n1C. The van der Waals surface area contributed by atoms with Crippen LogP contribution in [-0.4, -0.2) is 21.9 Å². The maximum atomic E-state index is 5.47. The van der Waals surface area contributed by atoms with Crippen LogP contribution in [0.25, 0.3) is 0 Å². The summed E-state index contributed by atoms with van der Waals surface area (Å²) in [4.78, 5) is 0. The Labute approximate surface area is 131 Å². The monoisotopic (exact) mass is 300 g/mol. The molecule has 0 unspecified atom stereocenters. The van der Waals surface area contributed by atoms with Gasteiger partial charge in [0.15, 0.2) is 0 Å². The van der Waals surface area contributed by atoms with Crippen LogP contribution in [0.4, 0.5) is 0 Å². The van der Waals surface area contributed by atoms with Crippen molar-refractivity contribution in [3.05, 3.63) is 41.0 Å². The first kappa shape index (κ1) is 15.0. The molecule has 1 aromatic carbocycles. The van der Waals surface area contributed by atoms with Crippen molar-refractivity contribution in [2.24, 2.45) is 7.05 Å². The molecule has 0 radical (unpaired) electrons. The number of rotatable bonds is 6. The van der Waals surface area contributed by atoms with Crippen molar-refractivity contribution in [1.29, 1.82) is 0 Å². The number of aryl methyl sites for hydroxylation is 1. The van der Waals surface area contributed by atoms with E-state index in [-0.39, 0.29) is 6.04 Å². The summed E-state index contributed by atoms with van der Waals surface area (Å²) in [6.07, 6.45) is 2.49. The second kappa shape index (κ2) is 6.08. The predicted octanol–water partition coefficient (Wildman–Crippen LogP) is 2.86. The summed E-state index contributed by atoms with van der Waals surface area (Å²) in [5.74, 6) is 3.65. The first-order valence-electron chi connectivity index (χ1n) is 7.86. The van der Waals surface area contributed by atoms with Crippen LogP contribution in [0.5, 0.6) is 5.75 Å². The third-order valence-electron chi connectivity index (χ3n) is 4.36. The van der Waals surface area contributed by atoms with Gasteiger partial charge in [0, 0.05) is 24.6 Å². The Morgan fingerprint density at radius 3 is 2.82 bits per heavy atom. The molecule has 1 N–H and O–H groups in total. The molecule has 2 aromatic rings. The van der Waals surface area contributed by atoms with E-state index in [9.17, 15) is 0 Å². The fraction of sp³-hybridized carbons (Fsp3) is 0.529. The largest absolute Gasteiger partial charge is 0.496 e. The topological polar surface area (TPSA) is 52.0 Å². The van der Waals surface area contributed by atoms with Crippen molar-refractivity contribution in [1.82, 2.24) is 20.1 Å². The van der Waals surface area contributed by atoms with Crippen LogP contribution >= 0.6 is 0 Å². The van der Waals surface area contributed by atoms with Gasteiger partial charge in [0.05, 0.1) is 13.7 Å².